The lowest BCUT2D eigenvalue weighted by Gasteiger charge is -2.12. The molecule has 5 nitrogen and oxygen atoms in total. The topological polar surface area (TPSA) is 56.1 Å². The highest BCUT2D eigenvalue weighted by atomic mass is 16.5. The summed E-state index contributed by atoms with van der Waals surface area (Å²) in [5.41, 5.74) is 2.95. The molecule has 0 saturated carbocycles. The van der Waals surface area contributed by atoms with Crippen LogP contribution < -0.4 is 10.1 Å². The molecule has 5 heteroatoms. The summed E-state index contributed by atoms with van der Waals surface area (Å²) in [7, 11) is 0. The molecule has 25 heavy (non-hydrogen) atoms. The monoisotopic (exact) mass is 335 g/mol. The van der Waals surface area contributed by atoms with Gasteiger partial charge in [0.15, 0.2) is 6.61 Å². The number of benzene rings is 2. The minimum atomic E-state index is -0.185. The number of carbonyl (C=O) groups is 1. The van der Waals surface area contributed by atoms with Crippen molar-refractivity contribution in [3.05, 3.63) is 78.1 Å². The molecule has 1 N–H and O–H groups in total. The van der Waals surface area contributed by atoms with Crippen molar-refractivity contribution in [3.63, 3.8) is 0 Å². The number of rotatable bonds is 7. The van der Waals surface area contributed by atoms with E-state index >= 15 is 0 Å². The molecule has 0 spiro atoms. The number of aryl methyl sites for hydroxylation is 1. The van der Waals surface area contributed by atoms with Crippen molar-refractivity contribution >= 4 is 11.6 Å². The molecule has 0 fully saturated rings. The third kappa shape index (κ3) is 4.70. The van der Waals surface area contributed by atoms with Crippen molar-refractivity contribution in [3.8, 4) is 5.75 Å². The second-order valence-electron chi connectivity index (χ2n) is 5.70. The largest absolute Gasteiger partial charge is 0.484 e. The second kappa shape index (κ2) is 8.15. The first-order valence-electron chi connectivity index (χ1n) is 8.31. The molecule has 1 amide bonds. The van der Waals surface area contributed by atoms with Crippen LogP contribution in [0.4, 0.5) is 5.69 Å². The van der Waals surface area contributed by atoms with Crippen LogP contribution in [0.3, 0.4) is 0 Å². The Morgan fingerprint density at radius 3 is 2.84 bits per heavy atom. The average Bonchev–Trinajstić information content (AvgIpc) is 3.15. The van der Waals surface area contributed by atoms with Crippen LogP contribution in [0.2, 0.25) is 0 Å². The molecule has 1 aromatic heterocycles. The van der Waals surface area contributed by atoms with E-state index in [4.69, 9.17) is 4.74 Å². The Bertz CT molecular complexity index is 828. The lowest BCUT2D eigenvalue weighted by molar-refractivity contribution is -0.118. The van der Waals surface area contributed by atoms with Crippen molar-refractivity contribution in [2.45, 2.75) is 19.9 Å². The van der Waals surface area contributed by atoms with Gasteiger partial charge in [0.2, 0.25) is 0 Å². The van der Waals surface area contributed by atoms with Gasteiger partial charge in [0.1, 0.15) is 5.75 Å². The highest BCUT2D eigenvalue weighted by Gasteiger charge is 2.08. The Hall–Kier alpha value is -3.08. The number of nitrogens with one attached hydrogen (secondary N) is 1. The number of aromatic nitrogens is 2. The van der Waals surface area contributed by atoms with Crippen molar-refractivity contribution in [1.82, 2.24) is 9.78 Å². The van der Waals surface area contributed by atoms with Crippen molar-refractivity contribution in [2.24, 2.45) is 0 Å². The van der Waals surface area contributed by atoms with Crippen LogP contribution in [-0.4, -0.2) is 22.3 Å². The van der Waals surface area contributed by atoms with Crippen molar-refractivity contribution in [2.75, 3.05) is 11.9 Å². The molecule has 2 aromatic carbocycles. The van der Waals surface area contributed by atoms with Gasteiger partial charge in [-0.2, -0.15) is 5.10 Å². The first-order valence-corrected chi connectivity index (χ1v) is 8.31. The predicted molar refractivity (Wildman–Crippen MR) is 97.7 cm³/mol. The maximum Gasteiger partial charge on any atom is 0.262 e. The van der Waals surface area contributed by atoms with Crippen molar-refractivity contribution < 1.29 is 9.53 Å². The third-order valence-electron chi connectivity index (χ3n) is 3.86. The van der Waals surface area contributed by atoms with Gasteiger partial charge in [-0.25, -0.2) is 0 Å². The number of nitrogens with zero attached hydrogens (tertiary/aromatic N) is 2. The molecule has 0 saturated heterocycles. The second-order valence-corrected chi connectivity index (χ2v) is 5.70. The molecule has 128 valence electrons. The van der Waals surface area contributed by atoms with E-state index in [1.165, 1.54) is 5.56 Å². The fourth-order valence-electron chi connectivity index (χ4n) is 2.54. The van der Waals surface area contributed by atoms with Crippen LogP contribution in [0.1, 0.15) is 18.1 Å². The summed E-state index contributed by atoms with van der Waals surface area (Å²) in [6.45, 7) is 2.66. The van der Waals surface area contributed by atoms with E-state index in [0.29, 0.717) is 12.3 Å². The lowest BCUT2D eigenvalue weighted by Crippen LogP contribution is -2.21. The first kappa shape index (κ1) is 16.8. The quantitative estimate of drug-likeness (QED) is 0.719. The van der Waals surface area contributed by atoms with Crippen LogP contribution in [0.5, 0.6) is 5.75 Å². The van der Waals surface area contributed by atoms with Crippen LogP contribution in [0.25, 0.3) is 0 Å². The molecule has 0 aliphatic heterocycles. The highest BCUT2D eigenvalue weighted by Crippen LogP contribution is 2.17. The van der Waals surface area contributed by atoms with Crippen LogP contribution in [0, 0.1) is 0 Å². The number of ether oxygens (including phenoxy) is 1. The summed E-state index contributed by atoms with van der Waals surface area (Å²) >= 11 is 0. The molecule has 0 atom stereocenters. The van der Waals surface area contributed by atoms with Gasteiger partial charge < -0.3 is 10.1 Å². The molecule has 3 aromatic rings. The van der Waals surface area contributed by atoms with E-state index in [-0.39, 0.29) is 12.5 Å². The summed E-state index contributed by atoms with van der Waals surface area (Å²) in [4.78, 5) is 12.2. The normalized spacial score (nSPS) is 10.4. The predicted octanol–water partition coefficient (Wildman–Crippen LogP) is 3.51. The summed E-state index contributed by atoms with van der Waals surface area (Å²) in [5, 5.41) is 7.12. The zero-order chi connectivity index (χ0) is 17.5. The molecular formula is C20H21N3O2. The summed E-state index contributed by atoms with van der Waals surface area (Å²) in [6.07, 6.45) is 4.56. The number of amides is 1. The Balaban J connectivity index is 1.61. The number of hydrogen-bond donors (Lipinski definition) is 1. The highest BCUT2D eigenvalue weighted by molar-refractivity contribution is 5.92. The van der Waals surface area contributed by atoms with E-state index in [0.717, 1.165) is 17.7 Å². The maximum atomic E-state index is 12.2. The Morgan fingerprint density at radius 1 is 1.16 bits per heavy atom. The van der Waals surface area contributed by atoms with E-state index in [1.54, 1.807) is 6.20 Å². The van der Waals surface area contributed by atoms with Gasteiger partial charge in [-0.1, -0.05) is 37.3 Å². The minimum absolute atomic E-state index is 0.0245. The third-order valence-corrected chi connectivity index (χ3v) is 3.86. The van der Waals surface area contributed by atoms with Gasteiger partial charge in [-0.15, -0.1) is 0 Å². The maximum absolute atomic E-state index is 12.2. The summed E-state index contributed by atoms with van der Waals surface area (Å²) in [5.74, 6) is 0.522. The van der Waals surface area contributed by atoms with E-state index in [9.17, 15) is 4.79 Å². The SMILES string of the molecule is CCc1cccc(OCC(=O)Nc2ccccc2Cn2cccn2)c1. The molecular weight excluding hydrogens is 314 g/mol. The lowest BCUT2D eigenvalue weighted by atomic mass is 10.1. The Morgan fingerprint density at radius 2 is 2.04 bits per heavy atom. The van der Waals surface area contributed by atoms with Gasteiger partial charge >= 0.3 is 0 Å². The zero-order valence-electron chi connectivity index (χ0n) is 14.2. The number of hydrogen-bond acceptors (Lipinski definition) is 3. The minimum Gasteiger partial charge on any atom is -0.484 e. The van der Waals surface area contributed by atoms with Gasteiger partial charge in [0, 0.05) is 18.1 Å². The molecule has 3 rings (SSSR count). The Kier molecular flexibility index (Phi) is 5.46. The van der Waals surface area contributed by atoms with Gasteiger partial charge in [-0.05, 0) is 41.8 Å². The standard InChI is InChI=1S/C20H21N3O2/c1-2-16-7-5-9-18(13-16)25-15-20(24)22-19-10-4-3-8-17(19)14-23-12-6-11-21-23/h3-13H,2,14-15H2,1H3,(H,22,24). The fourth-order valence-corrected chi connectivity index (χ4v) is 2.54. The van der Waals surface area contributed by atoms with Gasteiger partial charge in [0.25, 0.3) is 5.91 Å². The molecule has 0 radical (unpaired) electrons. The number of anilines is 1. The number of carbonyl (C=O) groups excluding carboxylic acids is 1. The molecule has 0 bridgehead atoms. The van der Waals surface area contributed by atoms with E-state index in [1.807, 2.05) is 65.5 Å². The molecule has 0 aliphatic carbocycles. The average molecular weight is 335 g/mol. The van der Waals surface area contributed by atoms with Crippen LogP contribution in [-0.2, 0) is 17.8 Å². The Labute approximate surface area is 147 Å². The van der Waals surface area contributed by atoms with E-state index in [2.05, 4.69) is 17.3 Å². The van der Waals surface area contributed by atoms with E-state index < -0.39 is 0 Å². The summed E-state index contributed by atoms with van der Waals surface area (Å²) in [6, 6.07) is 17.4. The zero-order valence-corrected chi connectivity index (χ0v) is 14.2. The van der Waals surface area contributed by atoms with Crippen molar-refractivity contribution in [1.29, 1.82) is 0 Å². The van der Waals surface area contributed by atoms with Crippen LogP contribution >= 0.6 is 0 Å². The first-order chi connectivity index (χ1) is 12.2. The van der Waals surface area contributed by atoms with Gasteiger partial charge in [0.05, 0.1) is 6.54 Å². The molecule has 1 heterocycles. The molecule has 0 unspecified atom stereocenters. The van der Waals surface area contributed by atoms with Gasteiger partial charge in [-0.3, -0.25) is 9.48 Å². The van der Waals surface area contributed by atoms with Crippen LogP contribution in [0.15, 0.2) is 67.0 Å². The smallest absolute Gasteiger partial charge is 0.262 e. The number of para-hydroxylation sites is 1. The summed E-state index contributed by atoms with van der Waals surface area (Å²) < 4.78 is 7.42. The molecule has 0 aliphatic rings. The fraction of sp³-hybridized carbons (Fsp3) is 0.200.